The summed E-state index contributed by atoms with van der Waals surface area (Å²) in [7, 11) is 3.92. The fourth-order valence-corrected chi connectivity index (χ4v) is 13.5. The van der Waals surface area contributed by atoms with E-state index in [1.165, 1.54) is 44.9 Å². The van der Waals surface area contributed by atoms with E-state index in [0.29, 0.717) is 55.6 Å². The molecule has 0 unspecified atom stereocenters. The van der Waals surface area contributed by atoms with Crippen LogP contribution >= 0.6 is 0 Å². The van der Waals surface area contributed by atoms with E-state index in [2.05, 4.69) is 182 Å². The summed E-state index contributed by atoms with van der Waals surface area (Å²) >= 11 is 0. The Labute approximate surface area is 818 Å². The Hall–Kier alpha value is -13.2. The van der Waals surface area contributed by atoms with E-state index in [4.69, 9.17) is 24.3 Å². The molecule has 20 nitrogen and oxygen atoms in total. The van der Waals surface area contributed by atoms with Gasteiger partial charge in [0.15, 0.2) is 0 Å². The molecule has 27 heteroatoms. The number of pyridine rings is 6. The molecule has 0 amide bonds. The normalized spacial score (nSPS) is 11.3. The Morgan fingerprint density at radius 1 is 0.477 bits per heavy atom. The zero-order valence-corrected chi connectivity index (χ0v) is 82.5. The molecule has 9 aromatic carbocycles. The zero-order chi connectivity index (χ0) is 87.2. The summed E-state index contributed by atoms with van der Waals surface area (Å²) in [4.78, 5) is 60.3. The predicted octanol–water partition coefficient (Wildman–Crippen LogP) is 20.9. The second-order valence-corrected chi connectivity index (χ2v) is 29.4. The number of rotatable bonds is 7. The average Bonchev–Trinajstić information content (AvgIpc) is 1.55. The van der Waals surface area contributed by atoms with Crippen molar-refractivity contribution in [3.05, 3.63) is 427 Å². The maximum atomic E-state index is 13.2. The van der Waals surface area contributed by atoms with Crippen molar-refractivity contribution in [2.24, 2.45) is 5.41 Å². The molecule has 10 aromatic heterocycles. The minimum atomic E-state index is -0.649. The summed E-state index contributed by atoms with van der Waals surface area (Å²) in [6, 6.07) is 99.4. The number of fused-ring (bicyclic) bond motifs is 12. The van der Waals surface area contributed by atoms with Gasteiger partial charge in [-0.2, -0.15) is 49.7 Å². The van der Waals surface area contributed by atoms with Gasteiger partial charge in [0.25, 0.3) is 0 Å². The molecule has 0 spiro atoms. The van der Waals surface area contributed by atoms with Gasteiger partial charge in [0.1, 0.15) is 0 Å². The van der Waals surface area contributed by atoms with Gasteiger partial charge in [-0.05, 0) is 146 Å². The second kappa shape index (κ2) is 48.3. The van der Waals surface area contributed by atoms with Gasteiger partial charge >= 0.3 is 11.3 Å². The van der Waals surface area contributed by atoms with E-state index in [1.54, 1.807) is 134 Å². The van der Waals surface area contributed by atoms with Crippen LogP contribution in [-0.2, 0) is 107 Å². The summed E-state index contributed by atoms with van der Waals surface area (Å²) in [5, 5.41) is 30.6. The summed E-state index contributed by atoms with van der Waals surface area (Å²) in [6.45, 7) is 15.1. The summed E-state index contributed by atoms with van der Waals surface area (Å²) in [5.74, 6) is -0.712. The van der Waals surface area contributed by atoms with Crippen LogP contribution in [0.3, 0.4) is 0 Å². The molecule has 661 valence electrons. The molecule has 2 aliphatic rings. The third-order valence-electron chi connectivity index (χ3n) is 19.1. The first-order valence-electron chi connectivity index (χ1n) is 39.3. The number of aromatic nitrogens is 10. The molecular weight excluding hydrogens is 2520 g/mol. The monoisotopic (exact) mass is 2600 g/mol. The summed E-state index contributed by atoms with van der Waals surface area (Å²) in [5.41, 5.74) is 16.9. The van der Waals surface area contributed by atoms with Gasteiger partial charge in [0, 0.05) is 212 Å². The van der Waals surface area contributed by atoms with Gasteiger partial charge in [0.05, 0.1) is 17.0 Å². The van der Waals surface area contributed by atoms with Crippen LogP contribution in [0.1, 0.15) is 48.6 Å². The third kappa shape index (κ3) is 25.6. The standard InChI is InChI=1S/C28H27N2.2C12H6NO2.C11H6F2N.2C11H9N3.C11H8N.C7H5N4.5Ir/c1-18-9-8-10-19(2)26(18)25-17-29-27-22-12-7-6-11-21(22)23-15-20(16-28(3,4)5)13-14-24(23)30(25)27;2*14-12-9-5-3-7-13-11(9)8-4-1-2-6-10(8)15-12;12-8-4-5-9(10(13)7-8)11-3-1-2-6-14-11;2*1-13-6-7-14(9-13)11-4-2-10(8-12)3-5-11;1-2-6-10(7-3-1)11-8-4-5-9-12-11;1-2-4-8-6(3-1)7-9-5-10-11-7;;;;;/h6-11,13-15,17H,16H2,1-5H3;2*1-3,5-7H;1-4,6-7H;2*2-4,6-7,9H,1H3;1-6,8-9H;1-5H;;;;;/q4*-1;2*-2;2*-1;;;;;. The molecule has 0 aliphatic carbocycles. The Balaban J connectivity index is 0.000000170. The predicted molar refractivity (Wildman–Crippen MR) is 483 cm³/mol. The average molecular weight is 2600 g/mol. The van der Waals surface area contributed by atoms with E-state index in [9.17, 15) is 18.4 Å². The first kappa shape index (κ1) is 101. The number of aryl methyl sites for hydroxylation is 2. The van der Waals surface area contributed by atoms with Crippen LogP contribution in [0.2, 0.25) is 0 Å². The molecule has 2 aliphatic heterocycles. The SMILES string of the molecule is CN1C=CN(c2[c-]cc(C#N)cc2)[CH-]1.CN1C=CN(c2[c-]cc(C#N)cc2)[CH-]1.Cc1cccc(C)c1-c1cnc2c3[c-]cccc3c3cc(CC(C)(C)C)ccc3n12.Fc1c[c-]c(-c2ccccn2)c(F)c1.O=c1oc2ccc[c-]c2c2ncccc12.O=c1oc2ccc[c-]c2c2ncccc12.[Ir].[Ir].[Ir].[Ir].[Ir].[c-]1ccccc1-c1ccccn1.c1ccc(-c2ncn[n-]2)nc1. The Kier molecular flexibility index (Phi) is 37.3. The number of nitriles is 2. The summed E-state index contributed by atoms with van der Waals surface area (Å²) < 4.78 is 38.4. The third-order valence-corrected chi connectivity index (χ3v) is 19.1. The molecule has 0 saturated heterocycles. The number of halogens is 2. The topological polar surface area (TPSA) is 243 Å². The second-order valence-electron chi connectivity index (χ2n) is 29.4. The molecule has 0 saturated carbocycles. The molecule has 0 bridgehead atoms. The van der Waals surface area contributed by atoms with Gasteiger partial charge in [-0.1, -0.05) is 132 Å². The van der Waals surface area contributed by atoms with E-state index in [-0.39, 0.29) is 123 Å². The molecular formula is C103H76F2Ir5N16O4-10. The fourth-order valence-electron chi connectivity index (χ4n) is 13.5. The Morgan fingerprint density at radius 3 is 1.47 bits per heavy atom. The Bertz CT molecular complexity index is 6950. The van der Waals surface area contributed by atoms with Gasteiger partial charge in [0.2, 0.25) is 0 Å². The molecule has 0 atom stereocenters. The minimum absolute atomic E-state index is 0. The maximum Gasteiger partial charge on any atom is 0.327 e. The number of hydrogen-bond donors (Lipinski definition) is 0. The number of imidazole rings is 1. The first-order chi connectivity index (χ1) is 60.8. The van der Waals surface area contributed by atoms with E-state index in [1.807, 2.05) is 157 Å². The van der Waals surface area contributed by atoms with Crippen molar-refractivity contribution in [2.75, 3.05) is 23.9 Å². The fraction of sp³-hybridized carbons (Fsp3) is 0.0874. The van der Waals surface area contributed by atoms with Crippen LogP contribution in [0.15, 0.2) is 329 Å². The molecule has 21 rings (SSSR count). The number of anilines is 2. The van der Waals surface area contributed by atoms with Crippen molar-refractivity contribution < 1.29 is 118 Å². The largest absolute Gasteiger partial charge is 0.510 e. The van der Waals surface area contributed by atoms with Gasteiger partial charge in [-0.15, -0.1) is 150 Å². The number of benzene rings is 9. The Morgan fingerprint density at radius 2 is 0.992 bits per heavy atom. The van der Waals surface area contributed by atoms with Crippen LogP contribution in [0, 0.1) is 109 Å². The molecule has 19 aromatic rings. The molecule has 12 heterocycles. The van der Waals surface area contributed by atoms with Crippen molar-refractivity contribution >= 4 is 82.4 Å². The van der Waals surface area contributed by atoms with E-state index < -0.39 is 11.6 Å². The van der Waals surface area contributed by atoms with Crippen LogP contribution in [-0.4, -0.2) is 68.3 Å². The van der Waals surface area contributed by atoms with Crippen molar-refractivity contribution in [3.63, 3.8) is 0 Å². The minimum Gasteiger partial charge on any atom is -0.510 e. The quantitative estimate of drug-likeness (QED) is 0.0818. The van der Waals surface area contributed by atoms with Crippen LogP contribution < -0.4 is 26.1 Å². The van der Waals surface area contributed by atoms with Crippen LogP contribution in [0.25, 0.3) is 116 Å². The number of nitrogens with zero attached hydrogens (tertiary/aromatic N) is 16. The van der Waals surface area contributed by atoms with Crippen molar-refractivity contribution in [3.8, 4) is 57.4 Å². The van der Waals surface area contributed by atoms with Crippen LogP contribution in [0.5, 0.6) is 0 Å². The van der Waals surface area contributed by atoms with Gasteiger partial charge in [-0.25, -0.2) is 20.1 Å². The molecule has 0 fully saturated rings. The number of hydrogen-bond acceptors (Lipinski definition) is 18. The molecule has 0 N–H and O–H groups in total. The maximum absolute atomic E-state index is 13.2. The first-order valence-corrected chi connectivity index (χ1v) is 39.3. The molecule has 5 radical (unpaired) electrons. The van der Waals surface area contributed by atoms with Crippen LogP contribution in [0.4, 0.5) is 20.2 Å². The smallest absolute Gasteiger partial charge is 0.327 e. The summed E-state index contributed by atoms with van der Waals surface area (Å²) in [6.07, 6.45) is 20.6. The zero-order valence-electron chi connectivity index (χ0n) is 70.5. The van der Waals surface area contributed by atoms with Crippen molar-refractivity contribution in [1.29, 1.82) is 10.5 Å². The van der Waals surface area contributed by atoms with Crippen molar-refractivity contribution in [2.45, 2.75) is 41.0 Å². The van der Waals surface area contributed by atoms with Crippen molar-refractivity contribution in [1.82, 2.24) is 59.3 Å². The molecule has 130 heavy (non-hydrogen) atoms. The van der Waals surface area contributed by atoms with Gasteiger partial charge in [-0.3, -0.25) is 23.8 Å². The van der Waals surface area contributed by atoms with Gasteiger partial charge < -0.3 is 62.9 Å². The van der Waals surface area contributed by atoms with E-state index >= 15 is 0 Å². The van der Waals surface area contributed by atoms with E-state index in [0.717, 1.165) is 74.4 Å².